The lowest BCUT2D eigenvalue weighted by Crippen LogP contribution is -2.52. The Balaban J connectivity index is 1.26. The number of rotatable bonds is 6. The number of nitrogens with one attached hydrogen (secondary N) is 1. The number of halogens is 1. The highest BCUT2D eigenvalue weighted by molar-refractivity contribution is 6.33. The summed E-state index contributed by atoms with van der Waals surface area (Å²) in [5.41, 5.74) is 1.67. The number of amides is 3. The van der Waals surface area contributed by atoms with Crippen molar-refractivity contribution in [1.82, 2.24) is 14.7 Å². The molecule has 2 aromatic rings. The summed E-state index contributed by atoms with van der Waals surface area (Å²) in [6, 6.07) is 17.0. The van der Waals surface area contributed by atoms with Crippen LogP contribution in [0.25, 0.3) is 0 Å². The van der Waals surface area contributed by atoms with Gasteiger partial charge in [0, 0.05) is 39.1 Å². The maximum atomic E-state index is 13.1. The molecule has 7 nitrogen and oxygen atoms in total. The van der Waals surface area contributed by atoms with Crippen LogP contribution in [0.1, 0.15) is 24.9 Å². The molecule has 2 fully saturated rings. The predicted molar refractivity (Wildman–Crippen MR) is 128 cm³/mol. The smallest absolute Gasteiger partial charge is 0.238 e. The Bertz CT molecular complexity index is 1010. The van der Waals surface area contributed by atoms with Crippen molar-refractivity contribution in [2.45, 2.75) is 19.4 Å². The molecule has 0 aliphatic carbocycles. The fourth-order valence-corrected chi connectivity index (χ4v) is 4.71. The Kier molecular flexibility index (Phi) is 7.30. The highest BCUT2D eigenvalue weighted by Crippen LogP contribution is 2.29. The number of hydrogen-bond donors (Lipinski definition) is 1. The molecule has 2 saturated heterocycles. The van der Waals surface area contributed by atoms with Gasteiger partial charge < -0.3 is 15.1 Å². The molecule has 4 rings (SSSR count). The molecule has 2 aromatic carbocycles. The van der Waals surface area contributed by atoms with Gasteiger partial charge >= 0.3 is 0 Å². The van der Waals surface area contributed by atoms with Crippen molar-refractivity contribution in [2.24, 2.45) is 5.92 Å². The minimum Gasteiger partial charge on any atom is -0.340 e. The summed E-state index contributed by atoms with van der Waals surface area (Å²) < 4.78 is 0. The maximum Gasteiger partial charge on any atom is 0.238 e. The lowest BCUT2D eigenvalue weighted by molar-refractivity contribution is -0.137. The molecule has 2 atom stereocenters. The van der Waals surface area contributed by atoms with Crippen molar-refractivity contribution in [3.05, 3.63) is 65.2 Å². The van der Waals surface area contributed by atoms with Crippen LogP contribution in [0.15, 0.2) is 54.6 Å². The first-order valence-electron chi connectivity index (χ1n) is 11.3. The lowest BCUT2D eigenvalue weighted by atomic mass is 10.1. The summed E-state index contributed by atoms with van der Waals surface area (Å²) in [4.78, 5) is 43.8. The van der Waals surface area contributed by atoms with Gasteiger partial charge in [0.15, 0.2) is 0 Å². The van der Waals surface area contributed by atoms with Gasteiger partial charge in [-0.15, -0.1) is 0 Å². The second-order valence-corrected chi connectivity index (χ2v) is 9.07. The van der Waals surface area contributed by atoms with E-state index in [0.717, 1.165) is 5.56 Å². The van der Waals surface area contributed by atoms with Gasteiger partial charge in [-0.3, -0.25) is 19.3 Å². The molecule has 0 saturated carbocycles. The molecule has 0 aromatic heterocycles. The molecule has 2 heterocycles. The van der Waals surface area contributed by atoms with Crippen LogP contribution in [-0.4, -0.2) is 71.7 Å². The summed E-state index contributed by atoms with van der Waals surface area (Å²) in [6.07, 6.45) is 0.260. The van der Waals surface area contributed by atoms with Crippen LogP contribution >= 0.6 is 11.6 Å². The molecule has 2 aliphatic rings. The van der Waals surface area contributed by atoms with Crippen LogP contribution in [0.4, 0.5) is 5.69 Å². The largest absolute Gasteiger partial charge is 0.340 e. The highest BCUT2D eigenvalue weighted by atomic mass is 35.5. The van der Waals surface area contributed by atoms with Gasteiger partial charge in [-0.1, -0.05) is 54.1 Å². The van der Waals surface area contributed by atoms with Gasteiger partial charge in [-0.2, -0.15) is 0 Å². The maximum absolute atomic E-state index is 13.1. The standard InChI is InChI=1S/C25H29ClN4O3/c1-18(19-7-3-2-4-8-19)30-16-20(15-24(30)32)25(33)29-13-11-28(12-14-29)17-23(31)27-22-10-6-5-9-21(22)26/h2-10,18,20H,11-17H2,1H3,(H,27,31)/t18-,20-/m1/s1. The van der Waals surface area contributed by atoms with E-state index in [2.05, 4.69) is 5.32 Å². The number of nitrogens with zero attached hydrogens (tertiary/aromatic N) is 3. The molecule has 2 aliphatic heterocycles. The zero-order chi connectivity index (χ0) is 23.4. The Hall–Kier alpha value is -2.90. The van der Waals surface area contributed by atoms with E-state index < -0.39 is 0 Å². The van der Waals surface area contributed by atoms with E-state index in [1.807, 2.05) is 64.1 Å². The topological polar surface area (TPSA) is 73.0 Å². The normalized spacial score (nSPS) is 20.1. The van der Waals surface area contributed by atoms with E-state index in [0.29, 0.717) is 43.4 Å². The van der Waals surface area contributed by atoms with Gasteiger partial charge in [0.25, 0.3) is 0 Å². The second kappa shape index (κ2) is 10.4. The monoisotopic (exact) mass is 468 g/mol. The summed E-state index contributed by atoms with van der Waals surface area (Å²) in [7, 11) is 0. The number of benzene rings is 2. The van der Waals surface area contributed by atoms with Crippen LogP contribution in [0, 0.1) is 5.92 Å². The van der Waals surface area contributed by atoms with Crippen molar-refractivity contribution in [2.75, 3.05) is 44.6 Å². The summed E-state index contributed by atoms with van der Waals surface area (Å²) >= 11 is 6.10. The van der Waals surface area contributed by atoms with E-state index >= 15 is 0 Å². The zero-order valence-corrected chi connectivity index (χ0v) is 19.5. The van der Waals surface area contributed by atoms with Crippen LogP contribution in [0.2, 0.25) is 5.02 Å². The van der Waals surface area contributed by atoms with Gasteiger partial charge in [0.1, 0.15) is 0 Å². The minimum absolute atomic E-state index is 0.0274. The van der Waals surface area contributed by atoms with Gasteiger partial charge in [-0.05, 0) is 24.6 Å². The number of piperazine rings is 1. The van der Waals surface area contributed by atoms with Crippen molar-refractivity contribution in [1.29, 1.82) is 0 Å². The summed E-state index contributed by atoms with van der Waals surface area (Å²) in [5, 5.41) is 3.34. The quantitative estimate of drug-likeness (QED) is 0.707. The Morgan fingerprint density at radius 2 is 1.70 bits per heavy atom. The molecule has 1 N–H and O–H groups in total. The third-order valence-electron chi connectivity index (χ3n) is 6.46. The molecule has 0 unspecified atom stereocenters. The molecule has 0 radical (unpaired) electrons. The molecule has 33 heavy (non-hydrogen) atoms. The Labute approximate surface area is 199 Å². The van der Waals surface area contributed by atoms with Crippen molar-refractivity contribution in [3.8, 4) is 0 Å². The van der Waals surface area contributed by atoms with Crippen LogP contribution in [-0.2, 0) is 14.4 Å². The first-order valence-corrected chi connectivity index (χ1v) is 11.7. The van der Waals surface area contributed by atoms with E-state index in [4.69, 9.17) is 11.6 Å². The summed E-state index contributed by atoms with van der Waals surface area (Å²) in [5.74, 6) is -0.376. The minimum atomic E-state index is -0.307. The molecular weight excluding hydrogens is 440 g/mol. The van der Waals surface area contributed by atoms with E-state index in [1.54, 1.807) is 12.1 Å². The number of likely N-dealkylation sites (tertiary alicyclic amines) is 1. The number of carbonyl (C=O) groups excluding carboxylic acids is 3. The van der Waals surface area contributed by atoms with Crippen LogP contribution in [0.3, 0.4) is 0 Å². The lowest BCUT2D eigenvalue weighted by Gasteiger charge is -2.35. The van der Waals surface area contributed by atoms with Crippen LogP contribution < -0.4 is 5.32 Å². The average Bonchev–Trinajstić information content (AvgIpc) is 3.22. The third kappa shape index (κ3) is 5.54. The molecule has 3 amide bonds. The van der Waals surface area contributed by atoms with Crippen LogP contribution in [0.5, 0.6) is 0 Å². The fraction of sp³-hybridized carbons (Fsp3) is 0.400. The molecule has 174 valence electrons. The van der Waals surface area contributed by atoms with E-state index in [1.165, 1.54) is 0 Å². The number of hydrogen-bond acceptors (Lipinski definition) is 4. The average molecular weight is 469 g/mol. The molecular formula is C25H29ClN4O3. The highest BCUT2D eigenvalue weighted by Gasteiger charge is 2.39. The van der Waals surface area contributed by atoms with Gasteiger partial charge in [-0.25, -0.2) is 0 Å². The van der Waals surface area contributed by atoms with Crippen molar-refractivity contribution >= 4 is 35.0 Å². The summed E-state index contributed by atoms with van der Waals surface area (Å²) in [6.45, 7) is 5.05. The second-order valence-electron chi connectivity index (χ2n) is 8.66. The van der Waals surface area contributed by atoms with Gasteiger partial charge in [0.2, 0.25) is 17.7 Å². The van der Waals surface area contributed by atoms with E-state index in [9.17, 15) is 14.4 Å². The first kappa shape index (κ1) is 23.3. The van der Waals surface area contributed by atoms with Crippen molar-refractivity contribution in [3.63, 3.8) is 0 Å². The zero-order valence-electron chi connectivity index (χ0n) is 18.7. The molecule has 0 spiro atoms. The first-order chi connectivity index (χ1) is 15.9. The number of para-hydroxylation sites is 1. The fourth-order valence-electron chi connectivity index (χ4n) is 4.52. The third-order valence-corrected chi connectivity index (χ3v) is 6.79. The predicted octanol–water partition coefficient (Wildman–Crippen LogP) is 3.03. The van der Waals surface area contributed by atoms with Crippen molar-refractivity contribution < 1.29 is 14.4 Å². The van der Waals surface area contributed by atoms with E-state index in [-0.39, 0.29) is 42.6 Å². The molecule has 0 bridgehead atoms. The SMILES string of the molecule is C[C@H](c1ccccc1)N1C[C@H](C(=O)N2CCN(CC(=O)Nc3ccccc3Cl)CC2)CC1=O. The van der Waals surface area contributed by atoms with Gasteiger partial charge in [0.05, 0.1) is 29.2 Å². The number of anilines is 1. The molecule has 8 heteroatoms. The Morgan fingerprint density at radius 3 is 2.39 bits per heavy atom. The Morgan fingerprint density at radius 1 is 1.03 bits per heavy atom. The number of carbonyl (C=O) groups is 3.